The van der Waals surface area contributed by atoms with Gasteiger partial charge < -0.3 is 5.32 Å². The molecule has 0 radical (unpaired) electrons. The molecule has 0 spiro atoms. The van der Waals surface area contributed by atoms with E-state index in [1.54, 1.807) is 0 Å². The second-order valence-corrected chi connectivity index (χ2v) is 8.67. The SMILES string of the molecule is CCCCC1CCC(C(NCC)c2sc(C)cc2Br)CC1. The topological polar surface area (TPSA) is 12.0 Å². The van der Waals surface area contributed by atoms with Crippen LogP contribution in [0.15, 0.2) is 10.5 Å². The molecule has 0 amide bonds. The minimum Gasteiger partial charge on any atom is -0.309 e. The van der Waals surface area contributed by atoms with Gasteiger partial charge in [-0.3, -0.25) is 0 Å². The van der Waals surface area contributed by atoms with Gasteiger partial charge in [-0.15, -0.1) is 11.3 Å². The van der Waals surface area contributed by atoms with E-state index in [-0.39, 0.29) is 0 Å². The van der Waals surface area contributed by atoms with Crippen LogP contribution < -0.4 is 5.32 Å². The van der Waals surface area contributed by atoms with Crippen LogP contribution in [0.4, 0.5) is 0 Å². The highest BCUT2D eigenvalue weighted by Gasteiger charge is 2.29. The third kappa shape index (κ3) is 4.80. The van der Waals surface area contributed by atoms with Crippen LogP contribution in [-0.4, -0.2) is 6.54 Å². The molecule has 1 aliphatic rings. The number of nitrogens with one attached hydrogen (secondary N) is 1. The number of thiophene rings is 1. The van der Waals surface area contributed by atoms with E-state index in [2.05, 4.69) is 48.1 Å². The summed E-state index contributed by atoms with van der Waals surface area (Å²) in [6.07, 6.45) is 9.90. The first-order valence-corrected chi connectivity index (χ1v) is 10.3. The highest BCUT2D eigenvalue weighted by molar-refractivity contribution is 9.10. The molecule has 1 aromatic heterocycles. The van der Waals surface area contributed by atoms with Crippen LogP contribution in [0.2, 0.25) is 0 Å². The zero-order valence-corrected chi connectivity index (χ0v) is 16.2. The van der Waals surface area contributed by atoms with Crippen LogP contribution in [0.5, 0.6) is 0 Å². The maximum atomic E-state index is 3.77. The first-order valence-electron chi connectivity index (χ1n) is 8.64. The van der Waals surface area contributed by atoms with Gasteiger partial charge in [0.15, 0.2) is 0 Å². The van der Waals surface area contributed by atoms with Crippen LogP contribution in [-0.2, 0) is 0 Å². The maximum absolute atomic E-state index is 3.77. The van der Waals surface area contributed by atoms with Crippen LogP contribution in [0.25, 0.3) is 0 Å². The van der Waals surface area contributed by atoms with Gasteiger partial charge in [-0.1, -0.05) is 46.0 Å². The van der Waals surface area contributed by atoms with Gasteiger partial charge in [0.25, 0.3) is 0 Å². The summed E-state index contributed by atoms with van der Waals surface area (Å²) >= 11 is 5.73. The zero-order valence-electron chi connectivity index (χ0n) is 13.8. The summed E-state index contributed by atoms with van der Waals surface area (Å²) in [6.45, 7) is 7.81. The molecule has 21 heavy (non-hydrogen) atoms. The Labute approximate surface area is 143 Å². The third-order valence-corrected chi connectivity index (χ3v) is 6.92. The van der Waals surface area contributed by atoms with E-state index in [0.717, 1.165) is 18.4 Å². The molecule has 0 aliphatic heterocycles. The summed E-state index contributed by atoms with van der Waals surface area (Å²) in [5.74, 6) is 1.81. The van der Waals surface area contributed by atoms with Gasteiger partial charge in [0.1, 0.15) is 0 Å². The summed E-state index contributed by atoms with van der Waals surface area (Å²) < 4.78 is 1.31. The number of hydrogen-bond donors (Lipinski definition) is 1. The standard InChI is InChI=1S/C18H30BrNS/c1-4-6-7-14-8-10-15(11-9-14)17(20-5-2)18-16(19)12-13(3)21-18/h12,14-15,17,20H,4-11H2,1-3H3. The molecule has 1 fully saturated rings. The van der Waals surface area contributed by atoms with Crippen LogP contribution in [0.3, 0.4) is 0 Å². The summed E-state index contributed by atoms with van der Waals surface area (Å²) in [6, 6.07) is 2.83. The van der Waals surface area contributed by atoms with E-state index in [4.69, 9.17) is 0 Å². The minimum atomic E-state index is 0.551. The summed E-state index contributed by atoms with van der Waals surface area (Å²) in [4.78, 5) is 2.93. The molecule has 0 bridgehead atoms. The van der Waals surface area contributed by atoms with Gasteiger partial charge in [0, 0.05) is 20.3 Å². The van der Waals surface area contributed by atoms with E-state index >= 15 is 0 Å². The Hall–Kier alpha value is 0.140. The van der Waals surface area contributed by atoms with Crippen molar-refractivity contribution in [1.82, 2.24) is 5.32 Å². The van der Waals surface area contributed by atoms with Crippen molar-refractivity contribution in [2.24, 2.45) is 11.8 Å². The lowest BCUT2D eigenvalue weighted by molar-refractivity contribution is 0.215. The molecule has 1 saturated carbocycles. The normalized spacial score (nSPS) is 24.2. The Morgan fingerprint density at radius 3 is 2.52 bits per heavy atom. The van der Waals surface area contributed by atoms with Gasteiger partial charge >= 0.3 is 0 Å². The zero-order chi connectivity index (χ0) is 15.2. The third-order valence-electron chi connectivity index (χ3n) is 4.87. The van der Waals surface area contributed by atoms with Crippen molar-refractivity contribution in [2.75, 3.05) is 6.54 Å². The Morgan fingerprint density at radius 1 is 1.29 bits per heavy atom. The van der Waals surface area contributed by atoms with E-state index in [9.17, 15) is 0 Å². The molecule has 1 aliphatic carbocycles. The number of unbranched alkanes of at least 4 members (excludes halogenated alkanes) is 1. The van der Waals surface area contributed by atoms with Crippen molar-refractivity contribution in [3.8, 4) is 0 Å². The molecule has 2 rings (SSSR count). The molecule has 1 heterocycles. The number of rotatable bonds is 7. The molecule has 120 valence electrons. The summed E-state index contributed by atoms with van der Waals surface area (Å²) in [7, 11) is 0. The number of hydrogen-bond acceptors (Lipinski definition) is 2. The highest BCUT2D eigenvalue weighted by atomic mass is 79.9. The fourth-order valence-corrected chi connectivity index (χ4v) is 5.78. The molecular formula is C18H30BrNS. The molecular weight excluding hydrogens is 342 g/mol. The lowest BCUT2D eigenvalue weighted by Gasteiger charge is -2.34. The van der Waals surface area contributed by atoms with E-state index < -0.39 is 0 Å². The Morgan fingerprint density at radius 2 is 2.00 bits per heavy atom. The minimum absolute atomic E-state index is 0.551. The second-order valence-electron chi connectivity index (χ2n) is 6.53. The van der Waals surface area contributed by atoms with Gasteiger partial charge in [-0.05, 0) is 60.1 Å². The lowest BCUT2D eigenvalue weighted by Crippen LogP contribution is -2.30. The molecule has 1 nitrogen and oxygen atoms in total. The fraction of sp³-hybridized carbons (Fsp3) is 0.778. The quantitative estimate of drug-likeness (QED) is 0.579. The van der Waals surface area contributed by atoms with Crippen LogP contribution in [0.1, 0.15) is 74.6 Å². The predicted molar refractivity (Wildman–Crippen MR) is 98.1 cm³/mol. The first kappa shape index (κ1) is 17.5. The smallest absolute Gasteiger partial charge is 0.0454 e. The van der Waals surface area contributed by atoms with Crippen molar-refractivity contribution in [2.45, 2.75) is 71.8 Å². The largest absolute Gasteiger partial charge is 0.309 e. The Kier molecular flexibility index (Phi) is 7.24. The first-order chi connectivity index (χ1) is 10.2. The molecule has 1 unspecified atom stereocenters. The summed E-state index contributed by atoms with van der Waals surface area (Å²) in [5, 5.41) is 3.76. The molecule has 0 saturated heterocycles. The molecule has 0 aromatic carbocycles. The lowest BCUT2D eigenvalue weighted by atomic mass is 9.76. The van der Waals surface area contributed by atoms with Crippen LogP contribution in [0, 0.1) is 18.8 Å². The molecule has 3 heteroatoms. The molecule has 1 N–H and O–H groups in total. The van der Waals surface area contributed by atoms with E-state index in [0.29, 0.717) is 6.04 Å². The Balaban J connectivity index is 1.98. The van der Waals surface area contributed by atoms with E-state index in [1.165, 1.54) is 59.2 Å². The highest BCUT2D eigenvalue weighted by Crippen LogP contribution is 2.42. The molecule has 1 aromatic rings. The van der Waals surface area contributed by atoms with Crippen LogP contribution >= 0.6 is 27.3 Å². The van der Waals surface area contributed by atoms with Crippen molar-refractivity contribution in [3.63, 3.8) is 0 Å². The predicted octanol–water partition coefficient (Wildman–Crippen LogP) is 6.47. The average Bonchev–Trinajstić information content (AvgIpc) is 2.82. The van der Waals surface area contributed by atoms with Crippen molar-refractivity contribution in [1.29, 1.82) is 0 Å². The maximum Gasteiger partial charge on any atom is 0.0454 e. The fourth-order valence-electron chi connectivity index (χ4n) is 3.71. The van der Waals surface area contributed by atoms with Gasteiger partial charge in [-0.2, -0.15) is 0 Å². The van der Waals surface area contributed by atoms with Crippen molar-refractivity contribution >= 4 is 27.3 Å². The van der Waals surface area contributed by atoms with Crippen molar-refractivity contribution < 1.29 is 0 Å². The number of aryl methyl sites for hydroxylation is 1. The number of halogens is 1. The summed E-state index contributed by atoms with van der Waals surface area (Å²) in [5.41, 5.74) is 0. The van der Waals surface area contributed by atoms with Gasteiger partial charge in [0.05, 0.1) is 0 Å². The van der Waals surface area contributed by atoms with Crippen molar-refractivity contribution in [3.05, 3.63) is 20.3 Å². The average molecular weight is 372 g/mol. The Bertz CT molecular complexity index is 421. The van der Waals surface area contributed by atoms with Gasteiger partial charge in [0.2, 0.25) is 0 Å². The molecule has 1 atom stereocenters. The van der Waals surface area contributed by atoms with E-state index in [1.807, 2.05) is 11.3 Å². The second kappa shape index (κ2) is 8.69. The van der Waals surface area contributed by atoms with Gasteiger partial charge in [-0.25, -0.2) is 0 Å². The monoisotopic (exact) mass is 371 g/mol.